The van der Waals surface area contributed by atoms with Crippen molar-refractivity contribution in [2.24, 2.45) is 23.2 Å². The highest BCUT2D eigenvalue weighted by Crippen LogP contribution is 2.61. The summed E-state index contributed by atoms with van der Waals surface area (Å²) in [7, 11) is 0. The summed E-state index contributed by atoms with van der Waals surface area (Å²) < 4.78 is 2.08. The molecule has 158 valence electrons. The molecule has 4 saturated carbocycles. The van der Waals surface area contributed by atoms with Gasteiger partial charge in [0.2, 0.25) is 0 Å². The number of hydrogen-bond donors (Lipinski definition) is 0. The number of ketones is 1. The normalized spacial score (nSPS) is 28.7. The van der Waals surface area contributed by atoms with Crippen LogP contribution >= 0.6 is 0 Å². The molecule has 0 amide bonds. The summed E-state index contributed by atoms with van der Waals surface area (Å²) in [6.07, 6.45) is 10.8. The summed E-state index contributed by atoms with van der Waals surface area (Å²) >= 11 is 0. The Kier molecular flexibility index (Phi) is 4.59. The molecule has 0 unspecified atom stereocenters. The van der Waals surface area contributed by atoms with E-state index in [-0.39, 0.29) is 0 Å². The lowest BCUT2D eigenvalue weighted by Gasteiger charge is -2.56. The lowest BCUT2D eigenvalue weighted by Crippen LogP contribution is -2.47. The number of carbonyl (C=O) groups excluding carboxylic acids is 1. The lowest BCUT2D eigenvalue weighted by molar-refractivity contribution is -0.127. The van der Waals surface area contributed by atoms with Crippen molar-refractivity contribution < 1.29 is 4.79 Å². The SMILES string of the molecule is O=C(Cn1cnc(-c2ccccc2)c1-c1ccccc1)CC12CC3CC(CC(C3)C1)C2. The number of hydrogen-bond acceptors (Lipinski definition) is 2. The van der Waals surface area contributed by atoms with Crippen LogP contribution in [0.25, 0.3) is 22.5 Å². The van der Waals surface area contributed by atoms with Gasteiger partial charge in [-0.1, -0.05) is 60.7 Å². The molecular weight excluding hydrogens is 380 g/mol. The van der Waals surface area contributed by atoms with Crippen molar-refractivity contribution in [3.8, 4) is 22.5 Å². The van der Waals surface area contributed by atoms with E-state index in [1.54, 1.807) is 0 Å². The molecule has 1 aromatic heterocycles. The number of aromatic nitrogens is 2. The molecule has 3 nitrogen and oxygen atoms in total. The molecule has 3 heteroatoms. The average molecular weight is 411 g/mol. The maximum Gasteiger partial charge on any atom is 0.153 e. The Bertz CT molecular complexity index is 1050. The number of imidazole rings is 1. The fourth-order valence-corrected chi connectivity index (χ4v) is 7.38. The van der Waals surface area contributed by atoms with Gasteiger partial charge in [-0.05, 0) is 61.7 Å². The fraction of sp³-hybridized carbons (Fsp3) is 0.429. The van der Waals surface area contributed by atoms with Gasteiger partial charge in [0, 0.05) is 17.5 Å². The molecule has 31 heavy (non-hydrogen) atoms. The van der Waals surface area contributed by atoms with Crippen LogP contribution in [0.3, 0.4) is 0 Å². The Morgan fingerprint density at radius 1 is 0.839 bits per heavy atom. The first-order valence-corrected chi connectivity index (χ1v) is 11.9. The highest BCUT2D eigenvalue weighted by Gasteiger charge is 2.51. The predicted octanol–water partition coefficient (Wildman–Crippen LogP) is 6.39. The third kappa shape index (κ3) is 3.54. The van der Waals surface area contributed by atoms with Crippen LogP contribution in [0.5, 0.6) is 0 Å². The van der Waals surface area contributed by atoms with E-state index in [2.05, 4.69) is 41.0 Å². The minimum absolute atomic E-state index is 0.293. The number of benzene rings is 2. The maximum atomic E-state index is 13.4. The Labute approximate surface area is 184 Å². The van der Waals surface area contributed by atoms with Crippen molar-refractivity contribution >= 4 is 5.78 Å². The second-order valence-corrected chi connectivity index (χ2v) is 10.4. The van der Waals surface area contributed by atoms with E-state index >= 15 is 0 Å². The van der Waals surface area contributed by atoms with Gasteiger partial charge in [-0.2, -0.15) is 0 Å². The molecule has 1 heterocycles. The topological polar surface area (TPSA) is 34.9 Å². The van der Waals surface area contributed by atoms with E-state index in [9.17, 15) is 4.79 Å². The standard InChI is InChI=1S/C28H30N2O/c31-25(17-28-14-20-11-21(15-28)13-22(12-20)16-28)18-30-19-29-26(23-7-3-1-4-8-23)27(30)24-9-5-2-6-10-24/h1-10,19-22H,11-18H2. The van der Waals surface area contributed by atoms with Crippen molar-refractivity contribution in [2.75, 3.05) is 0 Å². The smallest absolute Gasteiger partial charge is 0.153 e. The van der Waals surface area contributed by atoms with Gasteiger partial charge in [-0.25, -0.2) is 4.98 Å². The third-order valence-electron chi connectivity index (χ3n) is 8.02. The average Bonchev–Trinajstić information content (AvgIpc) is 3.17. The molecule has 2 aromatic carbocycles. The summed E-state index contributed by atoms with van der Waals surface area (Å²) in [6.45, 7) is 0.422. The van der Waals surface area contributed by atoms with E-state index in [0.717, 1.165) is 46.7 Å². The highest BCUT2D eigenvalue weighted by molar-refractivity contribution is 5.83. The van der Waals surface area contributed by atoms with E-state index in [1.165, 1.54) is 38.5 Å². The molecular formula is C28H30N2O. The summed E-state index contributed by atoms with van der Waals surface area (Å²) in [6, 6.07) is 20.7. The summed E-state index contributed by atoms with van der Waals surface area (Å²) in [5, 5.41) is 0. The van der Waals surface area contributed by atoms with Gasteiger partial charge in [0.1, 0.15) is 0 Å². The Balaban J connectivity index is 1.29. The van der Waals surface area contributed by atoms with Gasteiger partial charge in [0.25, 0.3) is 0 Å². The van der Waals surface area contributed by atoms with Crippen molar-refractivity contribution in [1.82, 2.24) is 9.55 Å². The van der Waals surface area contributed by atoms with Crippen LogP contribution in [-0.4, -0.2) is 15.3 Å². The summed E-state index contributed by atoms with van der Waals surface area (Å²) in [5.41, 5.74) is 4.50. The molecule has 0 atom stereocenters. The van der Waals surface area contributed by atoms with Crippen molar-refractivity contribution in [2.45, 2.75) is 51.5 Å². The van der Waals surface area contributed by atoms with Crippen LogP contribution in [-0.2, 0) is 11.3 Å². The second kappa shape index (κ2) is 7.47. The van der Waals surface area contributed by atoms with E-state index in [0.29, 0.717) is 17.7 Å². The van der Waals surface area contributed by atoms with Gasteiger partial charge in [-0.3, -0.25) is 4.79 Å². The molecule has 4 bridgehead atoms. The van der Waals surface area contributed by atoms with Crippen LogP contribution in [0, 0.1) is 23.2 Å². The second-order valence-electron chi connectivity index (χ2n) is 10.4. The maximum absolute atomic E-state index is 13.4. The first-order valence-electron chi connectivity index (χ1n) is 11.9. The predicted molar refractivity (Wildman–Crippen MR) is 123 cm³/mol. The number of Topliss-reactive ketones (excluding diaryl/α,β-unsaturated/α-hetero) is 1. The van der Waals surface area contributed by atoms with Gasteiger partial charge >= 0.3 is 0 Å². The zero-order valence-electron chi connectivity index (χ0n) is 18.0. The minimum atomic E-state index is 0.293. The van der Waals surface area contributed by atoms with E-state index < -0.39 is 0 Å². The molecule has 3 aromatic rings. The van der Waals surface area contributed by atoms with Crippen LogP contribution in [0.4, 0.5) is 0 Å². The summed E-state index contributed by atoms with van der Waals surface area (Å²) in [5.74, 6) is 3.03. The zero-order chi connectivity index (χ0) is 20.8. The molecule has 4 fully saturated rings. The van der Waals surface area contributed by atoms with Crippen molar-refractivity contribution in [3.05, 3.63) is 67.0 Å². The Hall–Kier alpha value is -2.68. The van der Waals surface area contributed by atoms with Gasteiger partial charge in [0.05, 0.1) is 24.3 Å². The van der Waals surface area contributed by atoms with Crippen LogP contribution in [0.2, 0.25) is 0 Å². The number of nitrogens with zero attached hydrogens (tertiary/aromatic N) is 2. The Morgan fingerprint density at radius 2 is 1.39 bits per heavy atom. The van der Waals surface area contributed by atoms with Crippen LogP contribution in [0.1, 0.15) is 44.9 Å². The summed E-state index contributed by atoms with van der Waals surface area (Å²) in [4.78, 5) is 18.1. The minimum Gasteiger partial charge on any atom is -0.323 e. The largest absolute Gasteiger partial charge is 0.323 e. The number of carbonyl (C=O) groups is 1. The van der Waals surface area contributed by atoms with E-state index in [4.69, 9.17) is 4.98 Å². The molecule has 0 saturated heterocycles. The molecule has 0 radical (unpaired) electrons. The molecule has 0 spiro atoms. The van der Waals surface area contributed by atoms with Crippen LogP contribution < -0.4 is 0 Å². The molecule has 0 aliphatic heterocycles. The highest BCUT2D eigenvalue weighted by atomic mass is 16.1. The van der Waals surface area contributed by atoms with Gasteiger partial charge in [-0.15, -0.1) is 0 Å². The molecule has 0 N–H and O–H groups in total. The van der Waals surface area contributed by atoms with Gasteiger partial charge in [0.15, 0.2) is 5.78 Å². The molecule has 7 rings (SSSR count). The lowest BCUT2D eigenvalue weighted by atomic mass is 9.48. The number of rotatable bonds is 6. The fourth-order valence-electron chi connectivity index (χ4n) is 7.38. The third-order valence-corrected chi connectivity index (χ3v) is 8.02. The van der Waals surface area contributed by atoms with E-state index in [1.807, 2.05) is 30.6 Å². The van der Waals surface area contributed by atoms with Gasteiger partial charge < -0.3 is 4.57 Å². The molecule has 4 aliphatic rings. The van der Waals surface area contributed by atoms with Crippen molar-refractivity contribution in [1.29, 1.82) is 0 Å². The zero-order valence-corrected chi connectivity index (χ0v) is 18.0. The Morgan fingerprint density at radius 3 is 1.97 bits per heavy atom. The first kappa shape index (κ1) is 19.0. The first-order chi connectivity index (χ1) is 15.2. The monoisotopic (exact) mass is 410 g/mol. The molecule has 4 aliphatic carbocycles. The van der Waals surface area contributed by atoms with Crippen LogP contribution in [0.15, 0.2) is 67.0 Å². The van der Waals surface area contributed by atoms with Crippen molar-refractivity contribution in [3.63, 3.8) is 0 Å². The quantitative estimate of drug-likeness (QED) is 0.472.